The van der Waals surface area contributed by atoms with Gasteiger partial charge in [0, 0.05) is 62.1 Å². The maximum atomic E-state index is 11.0. The number of hydrogen-bond donors (Lipinski definition) is 0. The van der Waals surface area contributed by atoms with Crippen LogP contribution in [0.25, 0.3) is 11.1 Å². The average molecular weight is 1670 g/mol. The molecule has 9 rings (SSSR count). The first-order valence-electron chi connectivity index (χ1n) is 41.9. The Balaban J connectivity index is -0.000000299. The topological polar surface area (TPSA) is 167 Å². The molecule has 0 radical (unpaired) electrons. The van der Waals surface area contributed by atoms with E-state index in [4.69, 9.17) is 18.9 Å². The molecule has 0 aromatic heterocycles. The lowest BCUT2D eigenvalue weighted by molar-refractivity contribution is -0.252. The van der Waals surface area contributed by atoms with E-state index >= 15 is 0 Å². The first kappa shape index (κ1) is 120. The molecule has 0 heterocycles. The summed E-state index contributed by atoms with van der Waals surface area (Å²) in [6.07, 6.45) is 9.32. The number of methoxy groups -OCH3 is 1. The predicted molar refractivity (Wildman–Crippen MR) is 514 cm³/mol. The van der Waals surface area contributed by atoms with Crippen LogP contribution in [-0.2, 0) is 82.4 Å². The monoisotopic (exact) mass is 1670 g/mol. The smallest absolute Gasteiger partial charge is 0.339 e. The summed E-state index contributed by atoms with van der Waals surface area (Å²) in [6, 6.07) is 78.0. The fourth-order valence-electron chi connectivity index (χ4n) is 8.79. The second-order valence-electron chi connectivity index (χ2n) is 31.7. The highest BCUT2D eigenvalue weighted by Gasteiger charge is 2.32. The Morgan fingerprint density at radius 1 is 0.412 bits per heavy atom. The Morgan fingerprint density at radius 2 is 0.723 bits per heavy atom. The third kappa shape index (κ3) is 69.0. The molecular weight excluding hydrogens is 1510 g/mol. The van der Waals surface area contributed by atoms with E-state index in [1.54, 1.807) is 7.11 Å². The average Bonchev–Trinajstić information content (AvgIpc) is 1.74. The summed E-state index contributed by atoms with van der Waals surface area (Å²) in [5.74, 6) is -0.0696. The van der Waals surface area contributed by atoms with Crippen LogP contribution in [0.1, 0.15) is 236 Å². The van der Waals surface area contributed by atoms with E-state index in [-0.39, 0.29) is 41.0 Å². The number of allylic oxidation sites excluding steroid dienone is 1. The van der Waals surface area contributed by atoms with Crippen molar-refractivity contribution < 1.29 is 62.2 Å². The molecule has 0 spiro atoms. The van der Waals surface area contributed by atoms with Gasteiger partial charge in [-0.05, 0) is 124 Å². The molecule has 662 valence electrons. The number of aryl methyl sites for hydroxylation is 2. The summed E-state index contributed by atoms with van der Waals surface area (Å²) in [6.45, 7) is 69.4. The van der Waals surface area contributed by atoms with Crippen molar-refractivity contribution in [1.29, 1.82) is 0 Å². The van der Waals surface area contributed by atoms with Crippen molar-refractivity contribution in [1.82, 2.24) is 0 Å². The fraction of sp³-hybridized carbons (Fsp3) is 0.442. The quantitative estimate of drug-likeness (QED) is 0.0152. The third-order valence-corrected chi connectivity index (χ3v) is 22.3. The van der Waals surface area contributed by atoms with Crippen LogP contribution in [0.4, 0.5) is 0 Å². The fourth-order valence-corrected chi connectivity index (χ4v) is 9.50. The molecule has 0 aliphatic heterocycles. The van der Waals surface area contributed by atoms with E-state index in [2.05, 4.69) is 309 Å². The minimum atomic E-state index is -1.00. The van der Waals surface area contributed by atoms with Crippen LogP contribution < -0.4 is 4.74 Å². The molecular formula is C104H160O13Si2. The van der Waals surface area contributed by atoms with Crippen molar-refractivity contribution in [2.45, 2.75) is 267 Å². The van der Waals surface area contributed by atoms with Crippen LogP contribution in [0.5, 0.6) is 5.75 Å². The van der Waals surface area contributed by atoms with Gasteiger partial charge in [0.15, 0.2) is 0 Å². The maximum Gasteiger partial charge on any atom is 0.339 e. The molecule has 0 N–H and O–H groups in total. The number of hydrogen-bond acceptors (Lipinski definition) is 13. The lowest BCUT2D eigenvalue weighted by Gasteiger charge is -2.32. The SMILES string of the molecule is C=CCCC.C=CCOC(C)=O.CC.CC.CC(=O)OCC1c2ccccc2-c2ccccc21.CC(=O)OCC[Si](C)(C)C.CC(=O)OCc1ccccc1.CC(C)(C)C.CC(C)(C)[Si](C)(C)C.CC(C)=O.CC(c1ccccc1)(c1ccccc1)c1ccccc1.CCC.CCc1ccc(OC)cc1.CCc1ccccc1.COOC(C)=O. The van der Waals surface area contributed by atoms with Gasteiger partial charge in [-0.2, -0.15) is 4.89 Å². The Bertz CT molecular complexity index is 3610. The lowest BCUT2D eigenvalue weighted by Crippen LogP contribution is -2.32. The maximum absolute atomic E-state index is 11.0. The standard InChI is InChI=1S/C20H18.C16H14O2.C9H10O2.C9H12O.C8H10.C7H16O2Si.C7H18Si.C5H8O2.C5H12.C5H10.C3H6O3.C3H6O.C3H8.2C2H6/c1-20(17-11-5-2-6-12-17,18-13-7-3-8-14-18)19-15-9-4-10-16-19;1-11(17)18-10-16-14-8-4-2-6-12(14)13-7-3-5-9-15(13)16;1-8(10)11-7-9-5-3-2-4-6-9;1-3-8-4-6-9(10-2)7-5-8;1-2-8-6-4-3-5-7-8;1-7(8)9-5-6-10(2,3)4;1-7(2,3)8(4,5)6;1-3-4-7-5(2)6;1-5(2,3)4;1-3-5-4-2;1-3(4)6-5-2;1-3(2)4;1-3-2;2*1-2/h2-16H,1H3;2-9,16H,10H2,1H3;2-6H,7H2,1H3;4-7H,3H2,1-2H3;3-7H,2H2,1H3;5-6H2,1-4H3;1-6H3;3H,1,4H2,2H3;1-4H3;3H,1,4-5H2,2H3;1-2H3;1-2H3;3H2,1-2H3;2*1-2H3. The number of rotatable bonds is 18. The van der Waals surface area contributed by atoms with Gasteiger partial charge < -0.3 is 28.5 Å². The van der Waals surface area contributed by atoms with Gasteiger partial charge in [0.25, 0.3) is 0 Å². The zero-order valence-electron chi connectivity index (χ0n) is 79.9. The van der Waals surface area contributed by atoms with Crippen LogP contribution in [0.15, 0.2) is 250 Å². The summed E-state index contributed by atoms with van der Waals surface area (Å²) in [5.41, 5.74) is 13.1. The highest BCUT2D eigenvalue weighted by molar-refractivity contribution is 6.78. The van der Waals surface area contributed by atoms with Crippen LogP contribution in [-0.4, -0.2) is 85.8 Å². The predicted octanol–water partition coefficient (Wildman–Crippen LogP) is 28.6. The molecule has 0 saturated carbocycles. The zero-order chi connectivity index (χ0) is 92.5. The van der Waals surface area contributed by atoms with Crippen molar-refractivity contribution in [3.63, 3.8) is 0 Å². The van der Waals surface area contributed by atoms with Gasteiger partial charge in [-0.3, -0.25) is 24.1 Å². The molecule has 8 aromatic rings. The molecule has 8 aromatic carbocycles. The first-order chi connectivity index (χ1) is 55.9. The molecule has 1 aliphatic carbocycles. The number of carbonyl (C=O) groups is 6. The summed E-state index contributed by atoms with van der Waals surface area (Å²) >= 11 is 0. The van der Waals surface area contributed by atoms with Crippen LogP contribution in [0, 0.1) is 5.41 Å². The van der Waals surface area contributed by atoms with E-state index in [1.807, 2.05) is 107 Å². The molecule has 0 atom stereocenters. The molecule has 0 fully saturated rings. The minimum absolute atomic E-state index is 0.121. The zero-order valence-corrected chi connectivity index (χ0v) is 81.9. The summed E-state index contributed by atoms with van der Waals surface area (Å²) < 4.78 is 24.3. The summed E-state index contributed by atoms with van der Waals surface area (Å²) in [4.78, 5) is 68.6. The van der Waals surface area contributed by atoms with Crippen molar-refractivity contribution in [3.05, 3.63) is 294 Å². The molecule has 119 heavy (non-hydrogen) atoms. The third-order valence-electron chi connectivity index (χ3n) is 16.1. The van der Waals surface area contributed by atoms with Crippen molar-refractivity contribution in [2.75, 3.05) is 34.0 Å². The first-order valence-corrected chi connectivity index (χ1v) is 49.1. The van der Waals surface area contributed by atoms with E-state index < -0.39 is 22.1 Å². The van der Waals surface area contributed by atoms with Gasteiger partial charge in [-0.1, -0.05) is 394 Å². The van der Waals surface area contributed by atoms with Gasteiger partial charge in [-0.15, -0.1) is 6.58 Å². The molecule has 13 nitrogen and oxygen atoms in total. The number of unbranched alkanes of at least 4 members (excludes halogenated alkanes) is 1. The van der Waals surface area contributed by atoms with Crippen molar-refractivity contribution in [3.8, 4) is 16.9 Å². The van der Waals surface area contributed by atoms with E-state index in [0.29, 0.717) is 36.9 Å². The number of benzene rings is 8. The van der Waals surface area contributed by atoms with Gasteiger partial charge in [-0.25, -0.2) is 4.79 Å². The largest absolute Gasteiger partial charge is 0.497 e. The minimum Gasteiger partial charge on any atom is -0.497 e. The van der Waals surface area contributed by atoms with E-state index in [0.717, 1.165) is 36.6 Å². The van der Waals surface area contributed by atoms with Crippen molar-refractivity contribution >= 4 is 51.8 Å². The lowest BCUT2D eigenvalue weighted by atomic mass is 9.71. The highest BCUT2D eigenvalue weighted by Crippen LogP contribution is 2.45. The Kier molecular flexibility index (Phi) is 74.4. The van der Waals surface area contributed by atoms with E-state index in [9.17, 15) is 28.8 Å². The Labute approximate surface area is 726 Å². The Morgan fingerprint density at radius 3 is 0.958 bits per heavy atom. The van der Waals surface area contributed by atoms with Gasteiger partial charge in [0.2, 0.25) is 0 Å². The number of ketones is 1. The van der Waals surface area contributed by atoms with Crippen LogP contribution in [0.3, 0.4) is 0 Å². The molecule has 0 bridgehead atoms. The van der Waals surface area contributed by atoms with Gasteiger partial charge in [0.1, 0.15) is 31.4 Å². The summed E-state index contributed by atoms with van der Waals surface area (Å²) in [7, 11) is 1.10. The highest BCUT2D eigenvalue weighted by atomic mass is 28.3. The van der Waals surface area contributed by atoms with Gasteiger partial charge in [0.05, 0.1) is 20.8 Å². The molecule has 15 heteroatoms. The van der Waals surface area contributed by atoms with Crippen molar-refractivity contribution in [2.24, 2.45) is 5.41 Å². The number of esters is 4. The second-order valence-corrected chi connectivity index (χ2v) is 43.4. The van der Waals surface area contributed by atoms with Crippen LogP contribution in [0.2, 0.25) is 50.4 Å². The number of carbonyl (C=O) groups excluding carboxylic acids is 6. The number of fused-ring (bicyclic) bond motifs is 3. The summed E-state index contributed by atoms with van der Waals surface area (Å²) in [5, 5.41) is 0.576. The number of Topliss-reactive ketones (excluding diaryl/α,β-unsaturated/α-hetero) is 1. The normalized spacial score (nSPS) is 10.1. The second kappa shape index (κ2) is 73.6. The van der Waals surface area contributed by atoms with Crippen LogP contribution >= 0.6 is 0 Å². The molecule has 0 saturated heterocycles. The molecule has 1 aliphatic rings. The molecule has 0 amide bonds. The molecule has 0 unspecified atom stereocenters. The number of ether oxygens (including phenoxy) is 5. The van der Waals surface area contributed by atoms with Gasteiger partial charge >= 0.3 is 29.8 Å². The Hall–Kier alpha value is -9.55. The van der Waals surface area contributed by atoms with E-state index in [1.165, 1.54) is 125 Å².